The molecule has 0 aromatic carbocycles. The summed E-state index contributed by atoms with van der Waals surface area (Å²) in [5.41, 5.74) is 2.00. The quantitative estimate of drug-likeness (QED) is 0.531. The fourth-order valence-corrected chi connectivity index (χ4v) is 6.38. The molecule has 0 aromatic rings. The molecule has 3 saturated carbocycles. The van der Waals surface area contributed by atoms with Crippen molar-refractivity contribution < 1.29 is 9.59 Å². The first-order valence-electron chi connectivity index (χ1n) is 9.02. The molecule has 0 spiro atoms. The molecule has 5 atom stereocenters. The third-order valence-corrected chi connectivity index (χ3v) is 7.66. The topological polar surface area (TPSA) is 34.1 Å². The summed E-state index contributed by atoms with van der Waals surface area (Å²) in [6.45, 7) is 10.4. The first-order valence-corrected chi connectivity index (χ1v) is 9.02. The largest absolute Gasteiger partial charge is 0.295 e. The van der Waals surface area contributed by atoms with Gasteiger partial charge in [-0.2, -0.15) is 0 Å². The summed E-state index contributed by atoms with van der Waals surface area (Å²) in [6.07, 6.45) is 10.5. The highest BCUT2D eigenvalue weighted by molar-refractivity contribution is 6.03. The Balaban J connectivity index is 1.74. The van der Waals surface area contributed by atoms with Gasteiger partial charge in [0.2, 0.25) is 0 Å². The van der Waals surface area contributed by atoms with Crippen LogP contribution in [0.4, 0.5) is 0 Å². The second-order valence-corrected chi connectivity index (χ2v) is 8.39. The van der Waals surface area contributed by atoms with Gasteiger partial charge in [-0.1, -0.05) is 25.2 Å². The zero-order valence-corrected chi connectivity index (χ0v) is 14.1. The standard InChI is InChI=1S/C21H26O2/c1-4-21-10-8-17-16(18(21)11-13(2)19(21)23)6-5-14-12-15(22)7-9-20(14,17)3/h4,12,16-18H,1-2,5-11H2,3H3/t16-,17+,18+,20+,21+/m1/s1. The van der Waals surface area contributed by atoms with E-state index >= 15 is 0 Å². The predicted molar refractivity (Wildman–Crippen MR) is 90.8 cm³/mol. The third kappa shape index (κ3) is 1.81. The molecule has 0 N–H and O–H groups in total. The van der Waals surface area contributed by atoms with E-state index in [1.54, 1.807) is 0 Å². The lowest BCUT2D eigenvalue weighted by Gasteiger charge is -2.56. The summed E-state index contributed by atoms with van der Waals surface area (Å²) in [4.78, 5) is 24.6. The minimum atomic E-state index is -0.347. The van der Waals surface area contributed by atoms with Gasteiger partial charge in [-0.3, -0.25) is 9.59 Å². The van der Waals surface area contributed by atoms with Crippen molar-refractivity contribution in [2.24, 2.45) is 28.6 Å². The fraction of sp³-hybridized carbons (Fsp3) is 0.619. The Kier molecular flexibility index (Phi) is 3.14. The molecule has 0 amide bonds. The summed E-state index contributed by atoms with van der Waals surface area (Å²) < 4.78 is 0. The van der Waals surface area contributed by atoms with Crippen LogP contribution in [0, 0.1) is 28.6 Å². The van der Waals surface area contributed by atoms with Gasteiger partial charge in [0.25, 0.3) is 0 Å². The minimum absolute atomic E-state index is 0.164. The first kappa shape index (κ1) is 15.1. The van der Waals surface area contributed by atoms with Crippen LogP contribution in [0.25, 0.3) is 0 Å². The summed E-state index contributed by atoms with van der Waals surface area (Å²) in [7, 11) is 0. The van der Waals surface area contributed by atoms with E-state index in [0.717, 1.165) is 44.1 Å². The van der Waals surface area contributed by atoms with Crippen molar-refractivity contribution in [2.75, 3.05) is 0 Å². The molecule has 0 aliphatic heterocycles. The molecule has 23 heavy (non-hydrogen) atoms. The summed E-state index contributed by atoms with van der Waals surface area (Å²) >= 11 is 0. The molecule has 0 saturated heterocycles. The molecular weight excluding hydrogens is 284 g/mol. The van der Waals surface area contributed by atoms with E-state index < -0.39 is 0 Å². The number of Topliss-reactive ketones (excluding diaryl/α,β-unsaturated/α-hetero) is 1. The van der Waals surface area contributed by atoms with Crippen LogP contribution < -0.4 is 0 Å². The molecule has 3 fully saturated rings. The number of allylic oxidation sites excluding steroid dienone is 3. The van der Waals surface area contributed by atoms with Crippen molar-refractivity contribution >= 4 is 11.6 Å². The highest BCUT2D eigenvalue weighted by Gasteiger charge is 2.60. The van der Waals surface area contributed by atoms with E-state index in [1.807, 2.05) is 12.2 Å². The maximum absolute atomic E-state index is 12.7. The molecule has 0 aromatic heterocycles. The number of hydrogen-bond acceptors (Lipinski definition) is 2. The van der Waals surface area contributed by atoms with Gasteiger partial charge in [0.05, 0.1) is 5.41 Å². The van der Waals surface area contributed by atoms with E-state index in [9.17, 15) is 9.59 Å². The summed E-state index contributed by atoms with van der Waals surface area (Å²) in [5.74, 6) is 2.11. The van der Waals surface area contributed by atoms with Crippen molar-refractivity contribution in [3.8, 4) is 0 Å². The Bertz CT molecular complexity index is 655. The van der Waals surface area contributed by atoms with Crippen LogP contribution in [0.3, 0.4) is 0 Å². The highest BCUT2D eigenvalue weighted by Crippen LogP contribution is 2.65. The van der Waals surface area contributed by atoms with Crippen molar-refractivity contribution in [3.05, 3.63) is 36.5 Å². The Labute approximate surface area is 138 Å². The number of carbonyl (C=O) groups excluding carboxylic acids is 2. The molecule has 0 unspecified atom stereocenters. The minimum Gasteiger partial charge on any atom is -0.295 e. The zero-order valence-electron chi connectivity index (χ0n) is 14.1. The molecule has 0 bridgehead atoms. The van der Waals surface area contributed by atoms with Crippen LogP contribution in [-0.2, 0) is 9.59 Å². The number of hydrogen-bond donors (Lipinski definition) is 0. The van der Waals surface area contributed by atoms with Crippen LogP contribution in [0.1, 0.15) is 51.9 Å². The Morgan fingerprint density at radius 3 is 2.70 bits per heavy atom. The third-order valence-electron chi connectivity index (χ3n) is 7.66. The molecule has 0 heterocycles. The smallest absolute Gasteiger partial charge is 0.168 e. The van der Waals surface area contributed by atoms with Crippen molar-refractivity contribution in [2.45, 2.75) is 51.9 Å². The van der Waals surface area contributed by atoms with E-state index in [1.165, 1.54) is 5.57 Å². The van der Waals surface area contributed by atoms with Crippen LogP contribution in [0.15, 0.2) is 36.5 Å². The molecular formula is C21H26O2. The van der Waals surface area contributed by atoms with Gasteiger partial charge < -0.3 is 0 Å². The lowest BCUT2D eigenvalue weighted by molar-refractivity contribution is -0.127. The molecule has 4 aliphatic carbocycles. The van der Waals surface area contributed by atoms with E-state index in [0.29, 0.717) is 30.0 Å². The Morgan fingerprint density at radius 2 is 1.96 bits per heavy atom. The van der Waals surface area contributed by atoms with Gasteiger partial charge in [0, 0.05) is 6.42 Å². The normalized spacial score (nSPS) is 45.9. The van der Waals surface area contributed by atoms with Crippen molar-refractivity contribution in [3.63, 3.8) is 0 Å². The lowest BCUT2D eigenvalue weighted by Crippen LogP contribution is -2.50. The molecule has 122 valence electrons. The van der Waals surface area contributed by atoms with Crippen LogP contribution in [-0.4, -0.2) is 11.6 Å². The van der Waals surface area contributed by atoms with Gasteiger partial charge in [-0.05, 0) is 73.3 Å². The predicted octanol–water partition coefficient (Wildman–Crippen LogP) is 4.42. The average Bonchev–Trinajstić information content (AvgIpc) is 2.80. The SMILES string of the molecule is C=C[C@]12CC[C@H]3[C@@H](CCC4=CC(=O)CC[C@@]43C)[C@@H]1CC(=C)C2=O. The second-order valence-electron chi connectivity index (χ2n) is 8.39. The molecule has 4 aliphatic rings. The van der Waals surface area contributed by atoms with Gasteiger partial charge >= 0.3 is 0 Å². The molecule has 0 radical (unpaired) electrons. The lowest BCUT2D eigenvalue weighted by atomic mass is 9.47. The molecule has 2 nitrogen and oxygen atoms in total. The number of fused-ring (bicyclic) bond motifs is 5. The van der Waals surface area contributed by atoms with Gasteiger partial charge in [-0.25, -0.2) is 0 Å². The number of carbonyl (C=O) groups is 2. The van der Waals surface area contributed by atoms with Gasteiger partial charge in [0.15, 0.2) is 11.6 Å². The zero-order chi connectivity index (χ0) is 16.4. The van der Waals surface area contributed by atoms with Crippen LogP contribution in [0.2, 0.25) is 0 Å². The highest BCUT2D eigenvalue weighted by atomic mass is 16.1. The van der Waals surface area contributed by atoms with Gasteiger partial charge in [-0.15, -0.1) is 6.58 Å². The number of ketones is 2. The van der Waals surface area contributed by atoms with Crippen molar-refractivity contribution in [1.29, 1.82) is 0 Å². The van der Waals surface area contributed by atoms with Gasteiger partial charge in [0.1, 0.15) is 0 Å². The first-order chi connectivity index (χ1) is 10.9. The Morgan fingerprint density at radius 1 is 1.17 bits per heavy atom. The average molecular weight is 310 g/mol. The summed E-state index contributed by atoms with van der Waals surface area (Å²) in [6, 6.07) is 0. The van der Waals surface area contributed by atoms with Crippen LogP contribution in [0.5, 0.6) is 0 Å². The van der Waals surface area contributed by atoms with Crippen molar-refractivity contribution in [1.82, 2.24) is 0 Å². The Hall–Kier alpha value is -1.44. The monoisotopic (exact) mass is 310 g/mol. The maximum Gasteiger partial charge on any atom is 0.168 e. The van der Waals surface area contributed by atoms with E-state index in [4.69, 9.17) is 0 Å². The van der Waals surface area contributed by atoms with E-state index in [2.05, 4.69) is 20.1 Å². The summed E-state index contributed by atoms with van der Waals surface area (Å²) in [5, 5.41) is 0. The maximum atomic E-state index is 12.7. The van der Waals surface area contributed by atoms with Crippen LogP contribution >= 0.6 is 0 Å². The molecule has 2 heteroatoms. The van der Waals surface area contributed by atoms with E-state index in [-0.39, 0.29) is 16.6 Å². The number of rotatable bonds is 1. The molecule has 4 rings (SSSR count). The second kappa shape index (κ2) is 4.78. The fourth-order valence-electron chi connectivity index (χ4n) is 6.38.